The van der Waals surface area contributed by atoms with Gasteiger partial charge in [-0.05, 0) is 42.2 Å². The third kappa shape index (κ3) is 2.14. The van der Waals surface area contributed by atoms with Crippen LogP contribution in [0.25, 0.3) is 0 Å². The number of methoxy groups -OCH3 is 1. The van der Waals surface area contributed by atoms with Gasteiger partial charge in [0.05, 0.1) is 7.11 Å². The Morgan fingerprint density at radius 3 is 2.50 bits per heavy atom. The zero-order chi connectivity index (χ0) is 12.8. The fourth-order valence-electron chi connectivity index (χ4n) is 3.05. The molecule has 2 aliphatic carbocycles. The Labute approximate surface area is 110 Å². The largest absolute Gasteiger partial charge is 0.496 e. The van der Waals surface area contributed by atoms with E-state index in [9.17, 15) is 0 Å². The van der Waals surface area contributed by atoms with Crippen molar-refractivity contribution in [1.29, 1.82) is 0 Å². The molecule has 0 spiro atoms. The van der Waals surface area contributed by atoms with Gasteiger partial charge in [0.1, 0.15) is 5.75 Å². The maximum atomic E-state index is 5.44. The van der Waals surface area contributed by atoms with Crippen LogP contribution in [0.1, 0.15) is 44.6 Å². The molecule has 0 saturated heterocycles. The minimum absolute atomic E-state index is 0.537. The molecule has 2 fully saturated rings. The van der Waals surface area contributed by atoms with E-state index >= 15 is 0 Å². The summed E-state index contributed by atoms with van der Waals surface area (Å²) in [6.07, 6.45) is 3.85. The molecule has 1 aromatic rings. The summed E-state index contributed by atoms with van der Waals surface area (Å²) < 4.78 is 5.44. The van der Waals surface area contributed by atoms with Crippen molar-refractivity contribution >= 4 is 0 Å². The van der Waals surface area contributed by atoms with Gasteiger partial charge in [0, 0.05) is 12.1 Å². The van der Waals surface area contributed by atoms with Gasteiger partial charge in [0.25, 0.3) is 0 Å². The van der Waals surface area contributed by atoms with E-state index in [4.69, 9.17) is 4.74 Å². The van der Waals surface area contributed by atoms with E-state index < -0.39 is 0 Å². The average molecular weight is 245 g/mol. The monoisotopic (exact) mass is 245 g/mol. The Hall–Kier alpha value is -1.02. The number of hydrogen-bond donors (Lipinski definition) is 1. The zero-order valence-corrected chi connectivity index (χ0v) is 11.6. The summed E-state index contributed by atoms with van der Waals surface area (Å²) in [6.45, 7) is 4.70. The molecule has 2 aliphatic rings. The van der Waals surface area contributed by atoms with Gasteiger partial charge in [-0.2, -0.15) is 0 Å². The highest BCUT2D eigenvalue weighted by molar-refractivity contribution is 5.37. The minimum Gasteiger partial charge on any atom is -0.496 e. The number of rotatable bonds is 4. The molecule has 98 valence electrons. The van der Waals surface area contributed by atoms with Crippen molar-refractivity contribution < 1.29 is 4.74 Å². The highest BCUT2D eigenvalue weighted by atomic mass is 16.5. The van der Waals surface area contributed by atoms with E-state index in [2.05, 4.69) is 37.4 Å². The molecule has 2 nitrogen and oxygen atoms in total. The van der Waals surface area contributed by atoms with Crippen LogP contribution in [0.4, 0.5) is 0 Å². The van der Waals surface area contributed by atoms with E-state index in [0.29, 0.717) is 17.4 Å². The third-order valence-corrected chi connectivity index (χ3v) is 4.67. The molecule has 18 heavy (non-hydrogen) atoms. The summed E-state index contributed by atoms with van der Waals surface area (Å²) in [6, 6.07) is 9.90. The van der Waals surface area contributed by atoms with Crippen molar-refractivity contribution in [2.45, 2.75) is 51.1 Å². The molecule has 2 saturated carbocycles. The van der Waals surface area contributed by atoms with Crippen LogP contribution in [0, 0.1) is 5.41 Å². The third-order valence-electron chi connectivity index (χ3n) is 4.67. The molecule has 0 bridgehead atoms. The van der Waals surface area contributed by atoms with Gasteiger partial charge in [-0.3, -0.25) is 0 Å². The second kappa shape index (κ2) is 4.27. The molecule has 1 N–H and O–H groups in total. The Bertz CT molecular complexity index is 434. The Kier molecular flexibility index (Phi) is 2.86. The second-order valence-corrected chi connectivity index (χ2v) is 6.52. The topological polar surface area (TPSA) is 21.3 Å². The second-order valence-electron chi connectivity index (χ2n) is 6.52. The normalized spacial score (nSPS) is 32.7. The van der Waals surface area contributed by atoms with Crippen LogP contribution in [0.15, 0.2) is 24.3 Å². The summed E-state index contributed by atoms with van der Waals surface area (Å²) in [5.41, 5.74) is 1.92. The molecule has 0 aliphatic heterocycles. The van der Waals surface area contributed by atoms with Crippen molar-refractivity contribution in [3.63, 3.8) is 0 Å². The van der Waals surface area contributed by atoms with Gasteiger partial charge < -0.3 is 10.1 Å². The van der Waals surface area contributed by atoms with Gasteiger partial charge in [-0.15, -0.1) is 0 Å². The average Bonchev–Trinajstić information content (AvgIpc) is 2.91. The van der Waals surface area contributed by atoms with Crippen molar-refractivity contribution in [1.82, 2.24) is 5.32 Å². The summed E-state index contributed by atoms with van der Waals surface area (Å²) >= 11 is 0. The molecule has 0 radical (unpaired) electrons. The number of nitrogens with one attached hydrogen (secondary N) is 1. The molecule has 0 heterocycles. The quantitative estimate of drug-likeness (QED) is 0.878. The molecule has 0 amide bonds. The van der Waals surface area contributed by atoms with Gasteiger partial charge in [-0.25, -0.2) is 0 Å². The maximum Gasteiger partial charge on any atom is 0.122 e. The molecule has 3 rings (SSSR count). The lowest BCUT2D eigenvalue weighted by molar-refractivity contribution is 0.272. The lowest BCUT2D eigenvalue weighted by atomic mass is 9.75. The SMILES string of the molecule is COc1ccccc1C1CC(NC2CC2(C)C)C1. The first-order valence-electron chi connectivity index (χ1n) is 6.99. The van der Waals surface area contributed by atoms with Gasteiger partial charge in [-0.1, -0.05) is 32.0 Å². The van der Waals surface area contributed by atoms with E-state index in [0.717, 1.165) is 11.8 Å². The molecule has 1 unspecified atom stereocenters. The standard InChI is InChI=1S/C16H23NO/c1-16(2)10-15(16)17-12-8-11(9-12)13-6-4-5-7-14(13)18-3/h4-7,11-12,15,17H,8-10H2,1-3H3. The van der Waals surface area contributed by atoms with Crippen LogP contribution >= 0.6 is 0 Å². The Morgan fingerprint density at radius 1 is 1.22 bits per heavy atom. The van der Waals surface area contributed by atoms with Crippen molar-refractivity contribution in [2.75, 3.05) is 7.11 Å². The van der Waals surface area contributed by atoms with Crippen LogP contribution in [-0.2, 0) is 0 Å². The maximum absolute atomic E-state index is 5.44. The number of benzene rings is 1. The van der Waals surface area contributed by atoms with E-state index in [1.807, 2.05) is 6.07 Å². The highest BCUT2D eigenvalue weighted by Crippen LogP contribution is 2.48. The zero-order valence-electron chi connectivity index (χ0n) is 11.6. The fourth-order valence-corrected chi connectivity index (χ4v) is 3.05. The van der Waals surface area contributed by atoms with Crippen molar-refractivity contribution in [2.24, 2.45) is 5.41 Å². The first kappa shape index (κ1) is 12.0. The summed E-state index contributed by atoms with van der Waals surface area (Å²) in [5.74, 6) is 1.73. The van der Waals surface area contributed by atoms with Crippen LogP contribution < -0.4 is 10.1 Å². The molecule has 1 atom stereocenters. The van der Waals surface area contributed by atoms with E-state index in [1.54, 1.807) is 7.11 Å². The Balaban J connectivity index is 1.55. The first-order valence-corrected chi connectivity index (χ1v) is 6.99. The van der Waals surface area contributed by atoms with Crippen LogP contribution in [0.2, 0.25) is 0 Å². The van der Waals surface area contributed by atoms with Gasteiger partial charge in [0.15, 0.2) is 0 Å². The molecule has 0 aromatic heterocycles. The van der Waals surface area contributed by atoms with Crippen LogP contribution in [0.3, 0.4) is 0 Å². The summed E-state index contributed by atoms with van der Waals surface area (Å²) in [5, 5.41) is 3.78. The molecular weight excluding hydrogens is 222 g/mol. The number of para-hydroxylation sites is 1. The lowest BCUT2D eigenvalue weighted by Crippen LogP contribution is -2.42. The van der Waals surface area contributed by atoms with Crippen LogP contribution in [-0.4, -0.2) is 19.2 Å². The predicted octanol–water partition coefficient (Wildman–Crippen LogP) is 3.33. The Morgan fingerprint density at radius 2 is 1.89 bits per heavy atom. The molecule has 1 aromatic carbocycles. The van der Waals surface area contributed by atoms with Crippen LogP contribution in [0.5, 0.6) is 5.75 Å². The van der Waals surface area contributed by atoms with Gasteiger partial charge >= 0.3 is 0 Å². The lowest BCUT2D eigenvalue weighted by Gasteiger charge is -2.37. The summed E-state index contributed by atoms with van der Waals surface area (Å²) in [7, 11) is 1.76. The van der Waals surface area contributed by atoms with E-state index in [1.165, 1.54) is 24.8 Å². The molecule has 2 heteroatoms. The van der Waals surface area contributed by atoms with Gasteiger partial charge in [0.2, 0.25) is 0 Å². The highest BCUT2D eigenvalue weighted by Gasteiger charge is 2.47. The number of ether oxygens (including phenoxy) is 1. The van der Waals surface area contributed by atoms with Crippen molar-refractivity contribution in [3.8, 4) is 5.75 Å². The number of hydrogen-bond acceptors (Lipinski definition) is 2. The molecular formula is C16H23NO. The first-order chi connectivity index (χ1) is 8.60. The predicted molar refractivity (Wildman–Crippen MR) is 74.1 cm³/mol. The van der Waals surface area contributed by atoms with Crippen molar-refractivity contribution in [3.05, 3.63) is 29.8 Å². The fraction of sp³-hybridized carbons (Fsp3) is 0.625. The van der Waals surface area contributed by atoms with E-state index in [-0.39, 0.29) is 0 Å². The summed E-state index contributed by atoms with van der Waals surface area (Å²) in [4.78, 5) is 0. The minimum atomic E-state index is 0.537. The smallest absolute Gasteiger partial charge is 0.122 e.